The highest BCUT2D eigenvalue weighted by Gasteiger charge is 2.17. The van der Waals surface area contributed by atoms with E-state index in [4.69, 9.17) is 14.2 Å². The molecule has 0 bridgehead atoms. The molecule has 1 aromatic carbocycles. The van der Waals surface area contributed by atoms with E-state index < -0.39 is 0 Å². The Hall–Kier alpha value is -2.93. The molecule has 2 aromatic heterocycles. The Morgan fingerprint density at radius 3 is 2.66 bits per heavy atom. The number of rotatable bonds is 6. The Kier molecular flexibility index (Phi) is 5.76. The van der Waals surface area contributed by atoms with Gasteiger partial charge in [-0.15, -0.1) is 0 Å². The second-order valence-corrected chi connectivity index (χ2v) is 7.30. The molecule has 0 saturated carbocycles. The molecule has 0 amide bonds. The quantitative estimate of drug-likeness (QED) is 0.638. The van der Waals surface area contributed by atoms with E-state index in [1.165, 1.54) is 0 Å². The first-order chi connectivity index (χ1) is 14.1. The monoisotopic (exact) mass is 394 g/mol. The first-order valence-corrected chi connectivity index (χ1v) is 9.87. The van der Waals surface area contributed by atoms with Crippen molar-refractivity contribution in [1.29, 1.82) is 0 Å². The lowest BCUT2D eigenvalue weighted by atomic mass is 10.1. The smallest absolute Gasteiger partial charge is 0.217 e. The van der Waals surface area contributed by atoms with E-state index in [9.17, 15) is 0 Å². The van der Waals surface area contributed by atoms with Crippen molar-refractivity contribution in [2.24, 2.45) is 0 Å². The van der Waals surface area contributed by atoms with E-state index in [-0.39, 0.29) is 6.10 Å². The maximum absolute atomic E-state index is 6.07. The van der Waals surface area contributed by atoms with Crippen molar-refractivity contribution in [2.75, 3.05) is 20.3 Å². The molecule has 0 unspecified atom stereocenters. The minimum Gasteiger partial charge on any atom is -0.495 e. The molecule has 1 aliphatic rings. The van der Waals surface area contributed by atoms with Crippen molar-refractivity contribution in [3.8, 4) is 17.3 Å². The van der Waals surface area contributed by atoms with E-state index in [1.54, 1.807) is 13.4 Å². The van der Waals surface area contributed by atoms with Crippen molar-refractivity contribution in [1.82, 2.24) is 19.5 Å². The van der Waals surface area contributed by atoms with Crippen molar-refractivity contribution in [3.05, 3.63) is 59.6 Å². The average molecular weight is 394 g/mol. The molecule has 152 valence electrons. The molecule has 0 N–H and O–H groups in total. The van der Waals surface area contributed by atoms with E-state index >= 15 is 0 Å². The van der Waals surface area contributed by atoms with E-state index in [1.807, 2.05) is 42.8 Å². The summed E-state index contributed by atoms with van der Waals surface area (Å²) in [6, 6.07) is 8.02. The zero-order valence-corrected chi connectivity index (χ0v) is 17.1. The summed E-state index contributed by atoms with van der Waals surface area (Å²) in [6.07, 6.45) is 6.31. The lowest BCUT2D eigenvalue weighted by Gasteiger charge is -2.23. The summed E-state index contributed by atoms with van der Waals surface area (Å²) in [5.41, 5.74) is 3.88. The third kappa shape index (κ3) is 4.74. The number of ether oxygens (including phenoxy) is 3. The highest BCUT2D eigenvalue weighted by atomic mass is 16.5. The number of hydrogen-bond acceptors (Lipinski definition) is 6. The minimum atomic E-state index is 0.156. The SMILES string of the molecule is COc1cc(Cc2nc(C)cc(OC3CCOCC3)n2)ccc1-n1cnc(C)c1. The van der Waals surface area contributed by atoms with Crippen molar-refractivity contribution in [2.45, 2.75) is 39.2 Å². The highest BCUT2D eigenvalue weighted by Crippen LogP contribution is 2.26. The van der Waals surface area contributed by atoms with Gasteiger partial charge in [0.25, 0.3) is 0 Å². The van der Waals surface area contributed by atoms with Crippen LogP contribution in [0.2, 0.25) is 0 Å². The van der Waals surface area contributed by atoms with Gasteiger partial charge in [-0.1, -0.05) is 6.07 Å². The number of aryl methyl sites for hydroxylation is 2. The van der Waals surface area contributed by atoms with Crippen LogP contribution in [-0.4, -0.2) is 45.9 Å². The van der Waals surface area contributed by atoms with Gasteiger partial charge >= 0.3 is 0 Å². The largest absolute Gasteiger partial charge is 0.495 e. The van der Waals surface area contributed by atoms with Gasteiger partial charge in [-0.25, -0.2) is 9.97 Å². The summed E-state index contributed by atoms with van der Waals surface area (Å²) in [5, 5.41) is 0. The molecule has 7 nitrogen and oxygen atoms in total. The summed E-state index contributed by atoms with van der Waals surface area (Å²) in [6.45, 7) is 5.41. The molecule has 7 heteroatoms. The number of methoxy groups -OCH3 is 1. The molecule has 0 spiro atoms. The third-order valence-electron chi connectivity index (χ3n) is 4.93. The predicted octanol–water partition coefficient (Wildman–Crippen LogP) is 3.44. The second-order valence-electron chi connectivity index (χ2n) is 7.30. The molecule has 3 heterocycles. The lowest BCUT2D eigenvalue weighted by Crippen LogP contribution is -2.26. The molecule has 1 aliphatic heterocycles. The Balaban J connectivity index is 1.54. The van der Waals surface area contributed by atoms with Crippen LogP contribution in [0, 0.1) is 13.8 Å². The number of hydrogen-bond donors (Lipinski definition) is 0. The molecule has 0 radical (unpaired) electrons. The van der Waals surface area contributed by atoms with Gasteiger partial charge in [0, 0.05) is 37.2 Å². The molecule has 1 fully saturated rings. The molecule has 4 rings (SSSR count). The van der Waals surface area contributed by atoms with Gasteiger partial charge in [0.2, 0.25) is 5.88 Å². The fourth-order valence-corrected chi connectivity index (χ4v) is 3.48. The van der Waals surface area contributed by atoms with E-state index in [0.29, 0.717) is 12.3 Å². The fourth-order valence-electron chi connectivity index (χ4n) is 3.48. The average Bonchev–Trinajstić information content (AvgIpc) is 3.14. The van der Waals surface area contributed by atoms with E-state index in [2.05, 4.69) is 21.0 Å². The van der Waals surface area contributed by atoms with Gasteiger partial charge in [0.15, 0.2) is 0 Å². The van der Waals surface area contributed by atoms with Gasteiger partial charge in [0.05, 0.1) is 38.0 Å². The lowest BCUT2D eigenvalue weighted by molar-refractivity contribution is 0.0236. The van der Waals surface area contributed by atoms with Crippen LogP contribution >= 0.6 is 0 Å². The maximum atomic E-state index is 6.07. The van der Waals surface area contributed by atoms with Crippen LogP contribution in [0.1, 0.15) is 35.6 Å². The van der Waals surface area contributed by atoms with Gasteiger partial charge in [-0.3, -0.25) is 0 Å². The standard InChI is InChI=1S/C22H26N4O3/c1-15-10-22(29-18-6-8-28-9-7-18)25-21(24-15)12-17-4-5-19(20(11-17)27-3)26-13-16(2)23-14-26/h4-5,10-11,13-14,18H,6-9,12H2,1-3H3. The van der Waals surface area contributed by atoms with E-state index in [0.717, 1.165) is 60.3 Å². The molecule has 29 heavy (non-hydrogen) atoms. The molecule has 0 atom stereocenters. The molecule has 0 aliphatic carbocycles. The van der Waals surface area contributed by atoms with Crippen LogP contribution in [0.3, 0.4) is 0 Å². The summed E-state index contributed by atoms with van der Waals surface area (Å²) in [5.74, 6) is 2.16. The Morgan fingerprint density at radius 1 is 1.10 bits per heavy atom. The zero-order valence-electron chi connectivity index (χ0n) is 17.1. The third-order valence-corrected chi connectivity index (χ3v) is 4.93. The fraction of sp³-hybridized carbons (Fsp3) is 0.409. The number of imidazole rings is 1. The second kappa shape index (κ2) is 8.61. The van der Waals surface area contributed by atoms with Crippen molar-refractivity contribution < 1.29 is 14.2 Å². The predicted molar refractivity (Wildman–Crippen MR) is 109 cm³/mol. The van der Waals surface area contributed by atoms with Crippen LogP contribution < -0.4 is 9.47 Å². The first kappa shape index (κ1) is 19.4. The minimum absolute atomic E-state index is 0.156. The van der Waals surface area contributed by atoms with Gasteiger partial charge in [0.1, 0.15) is 17.7 Å². The Bertz CT molecular complexity index is 980. The number of aromatic nitrogens is 4. The highest BCUT2D eigenvalue weighted by molar-refractivity contribution is 5.49. The van der Waals surface area contributed by atoms with Crippen LogP contribution in [0.4, 0.5) is 0 Å². The molecule has 1 saturated heterocycles. The van der Waals surface area contributed by atoms with Crippen molar-refractivity contribution in [3.63, 3.8) is 0 Å². The topological polar surface area (TPSA) is 71.3 Å². The number of benzene rings is 1. The van der Waals surface area contributed by atoms with Crippen molar-refractivity contribution >= 4 is 0 Å². The van der Waals surface area contributed by atoms with Gasteiger partial charge in [-0.05, 0) is 31.5 Å². The Morgan fingerprint density at radius 2 is 1.93 bits per heavy atom. The summed E-state index contributed by atoms with van der Waals surface area (Å²) in [7, 11) is 1.68. The summed E-state index contributed by atoms with van der Waals surface area (Å²) in [4.78, 5) is 13.5. The maximum Gasteiger partial charge on any atom is 0.217 e. The van der Waals surface area contributed by atoms with Crippen LogP contribution in [-0.2, 0) is 11.2 Å². The number of nitrogens with zero attached hydrogens (tertiary/aromatic N) is 4. The van der Waals surface area contributed by atoms with Crippen LogP contribution in [0.5, 0.6) is 11.6 Å². The zero-order chi connectivity index (χ0) is 20.2. The molecule has 3 aromatic rings. The first-order valence-electron chi connectivity index (χ1n) is 9.87. The normalized spacial score (nSPS) is 14.7. The summed E-state index contributed by atoms with van der Waals surface area (Å²) >= 11 is 0. The van der Waals surface area contributed by atoms with Crippen LogP contribution in [0.25, 0.3) is 5.69 Å². The molecular weight excluding hydrogens is 368 g/mol. The van der Waals surface area contributed by atoms with Crippen LogP contribution in [0.15, 0.2) is 36.8 Å². The van der Waals surface area contributed by atoms with Gasteiger partial charge < -0.3 is 18.8 Å². The van der Waals surface area contributed by atoms with Gasteiger partial charge in [-0.2, -0.15) is 4.98 Å². The molecular formula is C22H26N4O3. The summed E-state index contributed by atoms with van der Waals surface area (Å²) < 4.78 is 19.0. The Labute approximate surface area is 170 Å².